The van der Waals surface area contributed by atoms with E-state index in [1.165, 1.54) is 31.9 Å². The number of hydrogen-bond acceptors (Lipinski definition) is 4. The molecule has 4 N–H and O–H groups in total. The van der Waals surface area contributed by atoms with Crippen LogP contribution in [0.2, 0.25) is 0 Å². The molecule has 0 spiro atoms. The number of hydrogen-bond donors (Lipinski definition) is 2. The van der Waals surface area contributed by atoms with Crippen molar-refractivity contribution < 1.29 is 4.79 Å². The van der Waals surface area contributed by atoms with Crippen LogP contribution in [-0.2, 0) is 6.42 Å². The van der Waals surface area contributed by atoms with Crippen LogP contribution in [0.25, 0.3) is 0 Å². The molecule has 1 aromatic heterocycles. The summed E-state index contributed by atoms with van der Waals surface area (Å²) in [4.78, 5) is 19.5. The van der Waals surface area contributed by atoms with Gasteiger partial charge in [-0.2, -0.15) is 0 Å². The van der Waals surface area contributed by atoms with Crippen LogP contribution in [0, 0.1) is 5.41 Å². The van der Waals surface area contributed by atoms with E-state index in [-0.39, 0.29) is 11.4 Å². The van der Waals surface area contributed by atoms with Crippen molar-refractivity contribution in [3.63, 3.8) is 0 Å². The van der Waals surface area contributed by atoms with Crippen molar-refractivity contribution in [3.05, 3.63) is 17.5 Å². The van der Waals surface area contributed by atoms with Crippen LogP contribution in [0.5, 0.6) is 0 Å². The van der Waals surface area contributed by atoms with E-state index >= 15 is 0 Å². The topological polar surface area (TPSA) is 94.9 Å². The number of aromatic nitrogens is 2. The van der Waals surface area contributed by atoms with Crippen molar-refractivity contribution in [2.45, 2.75) is 45.4 Å². The number of carbonyl (C=O) groups is 1. The quantitative estimate of drug-likeness (QED) is 0.847. The van der Waals surface area contributed by atoms with Gasteiger partial charge < -0.3 is 11.5 Å². The lowest BCUT2D eigenvalue weighted by Crippen LogP contribution is -2.24. The fourth-order valence-corrected chi connectivity index (χ4v) is 2.91. The normalized spacial score (nSPS) is 17.8. The highest BCUT2D eigenvalue weighted by Crippen LogP contribution is 2.43. The zero-order valence-corrected chi connectivity index (χ0v) is 10.8. The summed E-state index contributed by atoms with van der Waals surface area (Å²) in [5.74, 6) is -0.270. The van der Waals surface area contributed by atoms with Gasteiger partial charge in [0.15, 0.2) is 0 Å². The van der Waals surface area contributed by atoms with Crippen molar-refractivity contribution in [2.24, 2.45) is 11.1 Å². The van der Waals surface area contributed by atoms with E-state index < -0.39 is 5.91 Å². The molecular formula is C13H20N4O. The molecule has 0 atom stereocenters. The van der Waals surface area contributed by atoms with Gasteiger partial charge in [0.05, 0.1) is 11.3 Å². The van der Waals surface area contributed by atoms with Crippen LogP contribution >= 0.6 is 0 Å². The number of rotatable bonds is 4. The van der Waals surface area contributed by atoms with E-state index in [4.69, 9.17) is 11.5 Å². The third-order valence-corrected chi connectivity index (χ3v) is 4.11. The molecule has 0 radical (unpaired) electrons. The highest BCUT2D eigenvalue weighted by molar-refractivity contribution is 5.93. The average molecular weight is 248 g/mol. The van der Waals surface area contributed by atoms with Gasteiger partial charge in [0, 0.05) is 6.20 Å². The average Bonchev–Trinajstić information content (AvgIpc) is 2.78. The number of nitrogens with zero attached hydrogens (tertiary/aromatic N) is 2. The van der Waals surface area contributed by atoms with Gasteiger partial charge in [-0.3, -0.25) is 4.79 Å². The molecule has 1 fully saturated rings. The Morgan fingerprint density at radius 1 is 1.44 bits per heavy atom. The molecule has 1 aromatic rings. The Balaban J connectivity index is 2.32. The van der Waals surface area contributed by atoms with Crippen LogP contribution in [0.4, 0.5) is 5.95 Å². The number of nitrogen functional groups attached to an aromatic ring is 1. The van der Waals surface area contributed by atoms with Crippen LogP contribution < -0.4 is 11.5 Å². The van der Waals surface area contributed by atoms with E-state index in [1.54, 1.807) is 0 Å². The van der Waals surface area contributed by atoms with E-state index in [1.807, 2.05) is 0 Å². The largest absolute Gasteiger partial charge is 0.368 e. The van der Waals surface area contributed by atoms with Crippen LogP contribution in [0.3, 0.4) is 0 Å². The molecule has 2 rings (SSSR count). The summed E-state index contributed by atoms with van der Waals surface area (Å²) in [6.07, 6.45) is 8.18. The Labute approximate surface area is 107 Å². The van der Waals surface area contributed by atoms with Gasteiger partial charge in [-0.1, -0.05) is 26.2 Å². The monoisotopic (exact) mass is 248 g/mol. The van der Waals surface area contributed by atoms with Gasteiger partial charge in [-0.15, -0.1) is 0 Å². The minimum atomic E-state index is -0.478. The first-order valence-corrected chi connectivity index (χ1v) is 6.47. The van der Waals surface area contributed by atoms with Crippen molar-refractivity contribution in [1.29, 1.82) is 0 Å². The van der Waals surface area contributed by atoms with Gasteiger partial charge in [0.1, 0.15) is 0 Å². The number of amides is 1. The van der Waals surface area contributed by atoms with Gasteiger partial charge in [0.25, 0.3) is 5.91 Å². The molecule has 0 bridgehead atoms. The molecule has 5 nitrogen and oxygen atoms in total. The third-order valence-electron chi connectivity index (χ3n) is 4.11. The van der Waals surface area contributed by atoms with Crippen molar-refractivity contribution in [1.82, 2.24) is 9.97 Å². The first kappa shape index (κ1) is 12.8. The molecule has 1 saturated carbocycles. The lowest BCUT2D eigenvalue weighted by Gasteiger charge is -2.27. The summed E-state index contributed by atoms with van der Waals surface area (Å²) in [5.41, 5.74) is 12.3. The fraction of sp³-hybridized carbons (Fsp3) is 0.615. The molecule has 0 saturated heterocycles. The number of primary amides is 1. The summed E-state index contributed by atoms with van der Waals surface area (Å²) < 4.78 is 0. The maximum absolute atomic E-state index is 11.4. The van der Waals surface area contributed by atoms with Gasteiger partial charge >= 0.3 is 0 Å². The molecule has 18 heavy (non-hydrogen) atoms. The Morgan fingerprint density at radius 3 is 2.67 bits per heavy atom. The highest BCUT2D eigenvalue weighted by atomic mass is 16.1. The van der Waals surface area contributed by atoms with E-state index in [0.717, 1.165) is 12.8 Å². The minimum absolute atomic E-state index is 0.208. The molecule has 1 aliphatic rings. The second-order valence-electron chi connectivity index (χ2n) is 5.19. The van der Waals surface area contributed by atoms with Gasteiger partial charge in [-0.05, 0) is 24.7 Å². The summed E-state index contributed by atoms with van der Waals surface area (Å²) in [6, 6.07) is 0. The fourth-order valence-electron chi connectivity index (χ4n) is 2.91. The first-order chi connectivity index (χ1) is 8.56. The summed E-state index contributed by atoms with van der Waals surface area (Å²) in [5, 5.41) is 0. The molecule has 1 amide bonds. The van der Waals surface area contributed by atoms with Gasteiger partial charge in [-0.25, -0.2) is 9.97 Å². The lowest BCUT2D eigenvalue weighted by atomic mass is 9.78. The first-order valence-electron chi connectivity index (χ1n) is 6.47. The molecule has 0 unspecified atom stereocenters. The van der Waals surface area contributed by atoms with E-state index in [9.17, 15) is 4.79 Å². The molecule has 0 aliphatic heterocycles. The molecule has 1 aliphatic carbocycles. The SMILES string of the molecule is CCC1(Cc2nc(N)ncc2C(N)=O)CCCC1. The maximum Gasteiger partial charge on any atom is 0.252 e. The smallest absolute Gasteiger partial charge is 0.252 e. The summed E-state index contributed by atoms with van der Waals surface area (Å²) in [7, 11) is 0. The molecule has 1 heterocycles. The van der Waals surface area contributed by atoms with Crippen molar-refractivity contribution in [2.75, 3.05) is 5.73 Å². The van der Waals surface area contributed by atoms with Crippen molar-refractivity contribution >= 4 is 11.9 Å². The van der Waals surface area contributed by atoms with E-state index in [0.29, 0.717) is 11.3 Å². The number of carbonyl (C=O) groups excluding carboxylic acids is 1. The lowest BCUT2D eigenvalue weighted by molar-refractivity contribution is 0.0997. The number of anilines is 1. The van der Waals surface area contributed by atoms with Crippen LogP contribution in [0.15, 0.2) is 6.20 Å². The molecule has 0 aromatic carbocycles. The second-order valence-corrected chi connectivity index (χ2v) is 5.19. The minimum Gasteiger partial charge on any atom is -0.368 e. The Kier molecular flexibility index (Phi) is 3.50. The highest BCUT2D eigenvalue weighted by Gasteiger charge is 2.33. The summed E-state index contributed by atoms with van der Waals surface area (Å²) in [6.45, 7) is 2.19. The van der Waals surface area contributed by atoms with Crippen LogP contribution in [-0.4, -0.2) is 15.9 Å². The number of nitrogens with two attached hydrogens (primary N) is 2. The predicted molar refractivity (Wildman–Crippen MR) is 69.9 cm³/mol. The Bertz CT molecular complexity index is 452. The maximum atomic E-state index is 11.4. The zero-order valence-electron chi connectivity index (χ0n) is 10.8. The van der Waals surface area contributed by atoms with Crippen LogP contribution in [0.1, 0.15) is 55.1 Å². The summed E-state index contributed by atoms with van der Waals surface area (Å²) >= 11 is 0. The Morgan fingerprint density at radius 2 is 2.11 bits per heavy atom. The standard InChI is InChI=1S/C13H20N4O/c1-2-13(5-3-4-6-13)7-10-9(11(14)18)8-16-12(15)17-10/h8H,2-7H2,1H3,(H2,14,18)(H2,15,16,17). The van der Waals surface area contributed by atoms with Gasteiger partial charge in [0.2, 0.25) is 5.95 Å². The van der Waals surface area contributed by atoms with Crippen molar-refractivity contribution in [3.8, 4) is 0 Å². The zero-order chi connectivity index (χ0) is 13.2. The molecular weight excluding hydrogens is 228 g/mol. The molecule has 5 heteroatoms. The molecule has 98 valence electrons. The second kappa shape index (κ2) is 4.92. The van der Waals surface area contributed by atoms with E-state index in [2.05, 4.69) is 16.9 Å². The Hall–Kier alpha value is -1.65. The third kappa shape index (κ3) is 2.44. The predicted octanol–water partition coefficient (Wildman–Crippen LogP) is 1.67.